The molecular weight excluding hydrogens is 776 g/mol. The lowest BCUT2D eigenvalue weighted by molar-refractivity contribution is -0.416. The van der Waals surface area contributed by atoms with Gasteiger partial charge in [-0.3, -0.25) is 0 Å². The fourth-order valence-electron chi connectivity index (χ4n) is 6.96. The van der Waals surface area contributed by atoms with Crippen LogP contribution in [0.25, 0.3) is 0 Å². The first-order chi connectivity index (χ1) is 26.5. The first-order valence-electron chi connectivity index (χ1n) is 17.6. The van der Waals surface area contributed by atoms with Crippen molar-refractivity contribution in [3.8, 4) is 0 Å². The molecule has 26 heteroatoms. The summed E-state index contributed by atoms with van der Waals surface area (Å²) in [5, 5.41) is 177. The van der Waals surface area contributed by atoms with Crippen LogP contribution in [0.4, 0.5) is 0 Å². The Labute approximate surface area is 316 Å². The molecule has 26 nitrogen and oxygen atoms in total. The van der Waals surface area contributed by atoms with Gasteiger partial charge in [-0.1, -0.05) is 0 Å². The number of hydrogen-bond donors (Lipinski definition) is 17. The van der Waals surface area contributed by atoms with Crippen LogP contribution in [-0.2, 0) is 42.6 Å². The molecule has 328 valence electrons. The molecular formula is C30H52O26. The summed E-state index contributed by atoms with van der Waals surface area (Å²) in [6, 6.07) is 0. The lowest BCUT2D eigenvalue weighted by atomic mass is 9.95. The minimum Gasteiger partial charge on any atom is -0.394 e. The quantitative estimate of drug-likeness (QED) is 0.0819. The normalized spacial score (nSPS) is 53.2. The van der Waals surface area contributed by atoms with Crippen LogP contribution in [0.3, 0.4) is 0 Å². The zero-order chi connectivity index (χ0) is 41.3. The first kappa shape index (κ1) is 46.0. The Balaban J connectivity index is 1.51. The van der Waals surface area contributed by atoms with Gasteiger partial charge in [-0.15, -0.1) is 0 Å². The average molecular weight is 829 g/mol. The van der Waals surface area contributed by atoms with Crippen molar-refractivity contribution >= 4 is 0 Å². The lowest BCUT2D eigenvalue weighted by Crippen LogP contribution is -2.69. The second-order valence-corrected chi connectivity index (χ2v) is 13.9. The molecule has 5 saturated heterocycles. The van der Waals surface area contributed by atoms with Crippen LogP contribution >= 0.6 is 0 Å². The molecule has 0 saturated carbocycles. The topological polar surface area (TPSA) is 427 Å². The molecule has 5 rings (SSSR count). The Morgan fingerprint density at radius 3 is 1.02 bits per heavy atom. The highest BCUT2D eigenvalue weighted by Gasteiger charge is 2.58. The number of aliphatic hydroxyl groups excluding tert-OH is 17. The second-order valence-electron chi connectivity index (χ2n) is 13.9. The Hall–Kier alpha value is -1.04. The summed E-state index contributed by atoms with van der Waals surface area (Å²) >= 11 is 0. The summed E-state index contributed by atoms with van der Waals surface area (Å²) in [4.78, 5) is 0. The van der Waals surface area contributed by atoms with Gasteiger partial charge in [0.05, 0.1) is 33.0 Å². The fraction of sp³-hybridized carbons (Fsp3) is 1.00. The van der Waals surface area contributed by atoms with Gasteiger partial charge in [0.2, 0.25) is 0 Å². The Bertz CT molecular complexity index is 1200. The van der Waals surface area contributed by atoms with Crippen molar-refractivity contribution in [1.29, 1.82) is 0 Å². The van der Waals surface area contributed by atoms with E-state index in [4.69, 9.17) is 42.6 Å². The van der Waals surface area contributed by atoms with Crippen molar-refractivity contribution < 1.29 is 129 Å². The predicted octanol–water partition coefficient (Wildman–Crippen LogP) is -11.9. The van der Waals surface area contributed by atoms with Gasteiger partial charge in [-0.2, -0.15) is 0 Å². The average Bonchev–Trinajstić information content (AvgIpc) is 3.19. The summed E-state index contributed by atoms with van der Waals surface area (Å²) in [5.41, 5.74) is 0. The van der Waals surface area contributed by atoms with Gasteiger partial charge in [0.25, 0.3) is 0 Å². The van der Waals surface area contributed by atoms with E-state index in [0.717, 1.165) is 0 Å². The van der Waals surface area contributed by atoms with Crippen molar-refractivity contribution in [3.05, 3.63) is 0 Å². The predicted molar refractivity (Wildman–Crippen MR) is 167 cm³/mol. The zero-order valence-electron chi connectivity index (χ0n) is 29.2. The Kier molecular flexibility index (Phi) is 16.1. The van der Waals surface area contributed by atoms with Gasteiger partial charge in [0.1, 0.15) is 122 Å². The van der Waals surface area contributed by atoms with Crippen LogP contribution in [0.15, 0.2) is 0 Å². The highest BCUT2D eigenvalue weighted by molar-refractivity contribution is 4.99. The maximum Gasteiger partial charge on any atom is 0.187 e. The Morgan fingerprint density at radius 1 is 0.268 bits per heavy atom. The van der Waals surface area contributed by atoms with Gasteiger partial charge in [0, 0.05) is 0 Å². The molecule has 0 spiro atoms. The summed E-state index contributed by atoms with van der Waals surface area (Å²) in [6.45, 7) is -4.69. The van der Waals surface area contributed by atoms with E-state index in [1.54, 1.807) is 0 Å². The summed E-state index contributed by atoms with van der Waals surface area (Å²) in [6.07, 6.45) is -48.6. The third-order valence-corrected chi connectivity index (χ3v) is 10.3. The van der Waals surface area contributed by atoms with E-state index >= 15 is 0 Å². The number of ether oxygens (including phenoxy) is 9. The molecule has 25 atom stereocenters. The minimum atomic E-state index is -2.16. The SMILES string of the molecule is OC[C@H]1O[C@H](O[C@@H]2[C@@H](O[C@@H]3[C@@H](O[C@@H]4C(O)O[C@H](CO)[C@@H](O)[C@@H]4O)O[C@H](CO)[C@@H](O)[C@@H]3O)O[C@H](CO)[C@@H](O)[C@@H]2O[C@H]2O[C@H](CO)[C@H](O)[C@H](O)[C@H]2O)[C@H](O)[C@@H](O)[C@H]1O. The molecule has 1 unspecified atom stereocenters. The molecule has 5 aliphatic rings. The fourth-order valence-corrected chi connectivity index (χ4v) is 6.96. The molecule has 0 amide bonds. The second kappa shape index (κ2) is 19.6. The first-order valence-corrected chi connectivity index (χ1v) is 17.6. The van der Waals surface area contributed by atoms with E-state index in [1.807, 2.05) is 0 Å². The maximum atomic E-state index is 11.4. The summed E-state index contributed by atoms with van der Waals surface area (Å²) in [7, 11) is 0. The molecule has 0 aliphatic carbocycles. The van der Waals surface area contributed by atoms with Crippen LogP contribution in [0.5, 0.6) is 0 Å². The van der Waals surface area contributed by atoms with Crippen LogP contribution < -0.4 is 0 Å². The van der Waals surface area contributed by atoms with Gasteiger partial charge in [-0.05, 0) is 0 Å². The smallest absolute Gasteiger partial charge is 0.187 e. The van der Waals surface area contributed by atoms with Gasteiger partial charge in [-0.25, -0.2) is 0 Å². The molecule has 0 aromatic rings. The summed E-state index contributed by atoms with van der Waals surface area (Å²) in [5.74, 6) is 0. The van der Waals surface area contributed by atoms with Crippen molar-refractivity contribution in [2.75, 3.05) is 33.0 Å². The minimum absolute atomic E-state index is 0.843. The number of hydrogen-bond acceptors (Lipinski definition) is 26. The van der Waals surface area contributed by atoms with Gasteiger partial charge < -0.3 is 129 Å². The summed E-state index contributed by atoms with van der Waals surface area (Å²) < 4.78 is 50.5. The van der Waals surface area contributed by atoms with Crippen LogP contribution in [0.1, 0.15) is 0 Å². The monoisotopic (exact) mass is 828 g/mol. The Morgan fingerprint density at radius 2 is 0.571 bits per heavy atom. The molecule has 56 heavy (non-hydrogen) atoms. The zero-order valence-corrected chi connectivity index (χ0v) is 29.2. The number of rotatable bonds is 13. The lowest BCUT2D eigenvalue weighted by Gasteiger charge is -2.51. The number of aliphatic hydroxyl groups is 17. The maximum absolute atomic E-state index is 11.4. The molecule has 5 aliphatic heterocycles. The molecule has 17 N–H and O–H groups in total. The highest BCUT2D eigenvalue weighted by atomic mass is 16.8. The molecule has 0 bridgehead atoms. The van der Waals surface area contributed by atoms with Gasteiger partial charge in [0.15, 0.2) is 31.5 Å². The van der Waals surface area contributed by atoms with E-state index in [2.05, 4.69) is 0 Å². The molecule has 5 heterocycles. The third-order valence-electron chi connectivity index (χ3n) is 10.3. The molecule has 0 radical (unpaired) electrons. The largest absolute Gasteiger partial charge is 0.394 e. The van der Waals surface area contributed by atoms with Crippen molar-refractivity contribution in [2.24, 2.45) is 0 Å². The van der Waals surface area contributed by atoms with E-state index in [-0.39, 0.29) is 0 Å². The van der Waals surface area contributed by atoms with Crippen LogP contribution in [0.2, 0.25) is 0 Å². The van der Waals surface area contributed by atoms with E-state index < -0.39 is 187 Å². The highest BCUT2D eigenvalue weighted by Crippen LogP contribution is 2.37. The van der Waals surface area contributed by atoms with Crippen molar-refractivity contribution in [3.63, 3.8) is 0 Å². The molecule has 0 aromatic heterocycles. The van der Waals surface area contributed by atoms with Crippen LogP contribution in [0, 0.1) is 0 Å². The molecule has 5 fully saturated rings. The molecule has 0 aromatic carbocycles. The van der Waals surface area contributed by atoms with Crippen molar-refractivity contribution in [1.82, 2.24) is 0 Å². The van der Waals surface area contributed by atoms with Gasteiger partial charge >= 0.3 is 0 Å². The third kappa shape index (κ3) is 9.16. The van der Waals surface area contributed by atoms with Crippen LogP contribution in [-0.4, -0.2) is 273 Å². The van der Waals surface area contributed by atoms with E-state index in [1.165, 1.54) is 0 Å². The van der Waals surface area contributed by atoms with Crippen molar-refractivity contribution in [2.45, 2.75) is 154 Å². The van der Waals surface area contributed by atoms with E-state index in [9.17, 15) is 86.8 Å². The standard InChI is InChI=1S/C30H52O26/c31-1-6-13(38)18(43)23(26(47)48-6)54-29-24(19(44)14(39)9(4-34)51-29)55-30-25(56-28-21(46)17(42)12(37)8(3-33)50-28)22(15(40)10(5-35)52-30)53-27-20(45)16(41)11(36)7(2-32)49-27/h6-47H,1-5H2/t6-,7-,8-,9-,10-,11+,12+,13-,14-,15-,16+,17+,18+,19+,20-,21-,22+,23+,24+,25+,26?,27-,28-,29-,30-/m1/s1. The van der Waals surface area contributed by atoms with E-state index in [0.29, 0.717) is 0 Å².